The molecule has 0 spiro atoms. The SMILES string of the molecule is COc1cc(/C=N/NC(=O)COc2cc(C)ccc2C)ccc1OCC#N. The van der Waals surface area contributed by atoms with Crippen molar-refractivity contribution in [2.45, 2.75) is 13.8 Å². The van der Waals surface area contributed by atoms with E-state index in [0.717, 1.165) is 11.1 Å². The monoisotopic (exact) mass is 367 g/mol. The van der Waals surface area contributed by atoms with Crippen LogP contribution in [-0.2, 0) is 4.79 Å². The van der Waals surface area contributed by atoms with Gasteiger partial charge in [0.05, 0.1) is 13.3 Å². The van der Waals surface area contributed by atoms with Crippen LogP contribution in [0.5, 0.6) is 17.2 Å². The van der Waals surface area contributed by atoms with Crippen molar-refractivity contribution in [3.8, 4) is 23.3 Å². The number of nitriles is 1. The maximum absolute atomic E-state index is 11.9. The Labute approximate surface area is 158 Å². The number of amides is 1. The van der Waals surface area contributed by atoms with Crippen LogP contribution in [0, 0.1) is 25.2 Å². The second kappa shape index (κ2) is 9.82. The zero-order chi connectivity index (χ0) is 19.6. The summed E-state index contributed by atoms with van der Waals surface area (Å²) in [4.78, 5) is 11.9. The molecule has 1 N–H and O–H groups in total. The third-order valence-corrected chi connectivity index (χ3v) is 3.59. The van der Waals surface area contributed by atoms with Crippen molar-refractivity contribution in [3.05, 3.63) is 53.1 Å². The highest BCUT2D eigenvalue weighted by atomic mass is 16.5. The zero-order valence-corrected chi connectivity index (χ0v) is 15.5. The summed E-state index contributed by atoms with van der Waals surface area (Å²) in [6.45, 7) is 3.68. The summed E-state index contributed by atoms with van der Waals surface area (Å²) in [6.07, 6.45) is 1.48. The molecule has 0 saturated heterocycles. The molecule has 0 radical (unpaired) electrons. The van der Waals surface area contributed by atoms with E-state index < -0.39 is 0 Å². The fourth-order valence-electron chi connectivity index (χ4n) is 2.21. The molecule has 7 nitrogen and oxygen atoms in total. The van der Waals surface area contributed by atoms with Gasteiger partial charge in [-0.05, 0) is 54.8 Å². The van der Waals surface area contributed by atoms with Gasteiger partial charge in [-0.3, -0.25) is 4.79 Å². The summed E-state index contributed by atoms with van der Waals surface area (Å²) in [5.74, 6) is 1.24. The Morgan fingerprint density at radius 1 is 1.15 bits per heavy atom. The topological polar surface area (TPSA) is 92.9 Å². The van der Waals surface area contributed by atoms with Gasteiger partial charge in [0.25, 0.3) is 5.91 Å². The fraction of sp³-hybridized carbons (Fsp3) is 0.250. The molecule has 0 bridgehead atoms. The predicted molar refractivity (Wildman–Crippen MR) is 101 cm³/mol. The van der Waals surface area contributed by atoms with Gasteiger partial charge in [-0.25, -0.2) is 5.43 Å². The molecule has 0 aliphatic carbocycles. The van der Waals surface area contributed by atoms with E-state index in [4.69, 9.17) is 19.5 Å². The molecule has 140 valence electrons. The van der Waals surface area contributed by atoms with Gasteiger partial charge >= 0.3 is 0 Å². The highest BCUT2D eigenvalue weighted by Gasteiger charge is 2.06. The first kappa shape index (κ1) is 19.8. The molecule has 1 amide bonds. The van der Waals surface area contributed by atoms with Gasteiger partial charge in [0.2, 0.25) is 0 Å². The Morgan fingerprint density at radius 3 is 2.70 bits per heavy atom. The lowest BCUT2D eigenvalue weighted by atomic mass is 10.1. The van der Waals surface area contributed by atoms with Crippen molar-refractivity contribution in [1.29, 1.82) is 5.26 Å². The average Bonchev–Trinajstić information content (AvgIpc) is 2.67. The summed E-state index contributed by atoms with van der Waals surface area (Å²) in [5.41, 5.74) is 5.13. The minimum Gasteiger partial charge on any atom is -0.493 e. The summed E-state index contributed by atoms with van der Waals surface area (Å²) in [6, 6.07) is 12.8. The number of hydrogen-bond acceptors (Lipinski definition) is 6. The highest BCUT2D eigenvalue weighted by molar-refractivity contribution is 5.83. The van der Waals surface area contributed by atoms with Gasteiger partial charge in [-0.1, -0.05) is 12.1 Å². The fourth-order valence-corrected chi connectivity index (χ4v) is 2.21. The standard InChI is InChI=1S/C20H21N3O4/c1-14-4-5-15(2)18(10-14)27-13-20(24)23-22-12-16-6-7-17(26-9-8-21)19(11-16)25-3/h4-7,10-12H,9,13H2,1-3H3,(H,23,24)/b22-12+. The van der Waals surface area contributed by atoms with E-state index in [1.54, 1.807) is 18.2 Å². The van der Waals surface area contributed by atoms with Crippen LogP contribution in [0.1, 0.15) is 16.7 Å². The lowest BCUT2D eigenvalue weighted by molar-refractivity contribution is -0.123. The molecule has 0 fully saturated rings. The first-order valence-electron chi connectivity index (χ1n) is 8.23. The van der Waals surface area contributed by atoms with E-state index in [1.165, 1.54) is 13.3 Å². The Morgan fingerprint density at radius 2 is 1.96 bits per heavy atom. The van der Waals surface area contributed by atoms with Crippen molar-refractivity contribution in [1.82, 2.24) is 5.43 Å². The van der Waals surface area contributed by atoms with Crippen LogP contribution in [0.25, 0.3) is 0 Å². The number of aryl methyl sites for hydroxylation is 2. The molecule has 0 atom stereocenters. The summed E-state index contributed by atoms with van der Waals surface area (Å²) >= 11 is 0. The van der Waals surface area contributed by atoms with Crippen LogP contribution in [0.2, 0.25) is 0 Å². The number of hydrogen-bond donors (Lipinski definition) is 1. The number of nitrogens with zero attached hydrogens (tertiary/aromatic N) is 2. The van der Waals surface area contributed by atoms with Crippen LogP contribution in [0.4, 0.5) is 0 Å². The van der Waals surface area contributed by atoms with Crippen molar-refractivity contribution < 1.29 is 19.0 Å². The quantitative estimate of drug-likeness (QED) is 0.572. The van der Waals surface area contributed by atoms with E-state index in [2.05, 4.69) is 10.5 Å². The Bertz CT molecular complexity index is 872. The largest absolute Gasteiger partial charge is 0.493 e. The predicted octanol–water partition coefficient (Wildman–Crippen LogP) is 2.74. The molecule has 2 rings (SSSR count). The van der Waals surface area contributed by atoms with Gasteiger partial charge in [0.15, 0.2) is 24.7 Å². The molecule has 0 unspecified atom stereocenters. The van der Waals surface area contributed by atoms with Crippen LogP contribution in [0.15, 0.2) is 41.5 Å². The molecule has 2 aromatic rings. The number of carbonyl (C=O) groups excluding carboxylic acids is 1. The highest BCUT2D eigenvalue weighted by Crippen LogP contribution is 2.27. The minimum atomic E-state index is -0.368. The number of benzene rings is 2. The van der Waals surface area contributed by atoms with Crippen molar-refractivity contribution in [3.63, 3.8) is 0 Å². The molecule has 0 aliphatic rings. The number of nitrogens with one attached hydrogen (secondary N) is 1. The number of hydrazone groups is 1. The maximum Gasteiger partial charge on any atom is 0.277 e. The molecule has 7 heteroatoms. The van der Waals surface area contributed by atoms with Crippen LogP contribution in [-0.4, -0.2) is 32.4 Å². The van der Waals surface area contributed by atoms with Crippen LogP contribution in [0.3, 0.4) is 0 Å². The zero-order valence-electron chi connectivity index (χ0n) is 15.5. The van der Waals surface area contributed by atoms with E-state index in [-0.39, 0.29) is 19.1 Å². The second-order valence-corrected chi connectivity index (χ2v) is 5.71. The van der Waals surface area contributed by atoms with Crippen molar-refractivity contribution >= 4 is 12.1 Å². The Hall–Kier alpha value is -3.53. The van der Waals surface area contributed by atoms with Gasteiger partial charge in [0.1, 0.15) is 11.8 Å². The van der Waals surface area contributed by atoms with Crippen LogP contribution < -0.4 is 19.6 Å². The maximum atomic E-state index is 11.9. The smallest absolute Gasteiger partial charge is 0.277 e. The molecule has 27 heavy (non-hydrogen) atoms. The van der Waals surface area contributed by atoms with Crippen LogP contribution >= 0.6 is 0 Å². The first-order chi connectivity index (χ1) is 13.0. The van der Waals surface area contributed by atoms with E-state index in [9.17, 15) is 4.79 Å². The Balaban J connectivity index is 1.90. The number of methoxy groups -OCH3 is 1. The minimum absolute atomic E-state index is 0.0692. The second-order valence-electron chi connectivity index (χ2n) is 5.71. The van der Waals surface area contributed by atoms with Gasteiger partial charge in [-0.2, -0.15) is 10.4 Å². The summed E-state index contributed by atoms with van der Waals surface area (Å²) in [7, 11) is 1.50. The first-order valence-corrected chi connectivity index (χ1v) is 8.23. The van der Waals surface area contributed by atoms with E-state index in [1.807, 2.05) is 38.1 Å². The average molecular weight is 367 g/mol. The molecule has 2 aromatic carbocycles. The van der Waals surface area contributed by atoms with Crippen molar-refractivity contribution in [2.24, 2.45) is 5.10 Å². The third-order valence-electron chi connectivity index (χ3n) is 3.59. The van der Waals surface area contributed by atoms with Gasteiger partial charge in [0, 0.05) is 0 Å². The molecular weight excluding hydrogens is 346 g/mol. The molecule has 0 heterocycles. The molecule has 0 aliphatic heterocycles. The van der Waals surface area contributed by atoms with E-state index >= 15 is 0 Å². The molecule has 0 saturated carbocycles. The normalized spacial score (nSPS) is 10.3. The lowest BCUT2D eigenvalue weighted by Gasteiger charge is -2.09. The van der Waals surface area contributed by atoms with Gasteiger partial charge in [-0.15, -0.1) is 0 Å². The Kier molecular flexibility index (Phi) is 7.20. The summed E-state index contributed by atoms with van der Waals surface area (Å²) in [5, 5.41) is 12.5. The third kappa shape index (κ3) is 6.04. The van der Waals surface area contributed by atoms with Crippen molar-refractivity contribution in [2.75, 3.05) is 20.3 Å². The molecular formula is C20H21N3O4. The number of carbonyl (C=O) groups is 1. The lowest BCUT2D eigenvalue weighted by Crippen LogP contribution is -2.24. The summed E-state index contributed by atoms with van der Waals surface area (Å²) < 4.78 is 16.0. The van der Waals surface area contributed by atoms with Gasteiger partial charge < -0.3 is 14.2 Å². The number of rotatable bonds is 8. The molecule has 0 aromatic heterocycles. The number of ether oxygens (including phenoxy) is 3. The van der Waals surface area contributed by atoms with E-state index in [0.29, 0.717) is 22.8 Å².